The number of amides is 7. The summed E-state index contributed by atoms with van der Waals surface area (Å²) in [6, 6.07) is -2.19. The molecular weight excluding hydrogens is 767 g/mol. The molecule has 314 valence electrons. The molecule has 0 aliphatic carbocycles. The molecule has 3 heterocycles. The Balaban J connectivity index is 1.51. The van der Waals surface area contributed by atoms with Crippen LogP contribution in [0.25, 0.3) is 0 Å². The number of likely N-dealkylation sites (N-methyl/N-ethyl adjacent to an activating group) is 1. The van der Waals surface area contributed by atoms with Crippen molar-refractivity contribution < 1.29 is 56.6 Å². The van der Waals surface area contributed by atoms with Crippen LogP contribution in [0.2, 0.25) is 0 Å². The van der Waals surface area contributed by atoms with Crippen molar-refractivity contribution in [2.45, 2.75) is 102 Å². The average Bonchev–Trinajstić information content (AvgIpc) is 3.80. The molecule has 19 heteroatoms. The summed E-state index contributed by atoms with van der Waals surface area (Å²) >= 11 is 0. The average molecular weight is 816 g/mol. The minimum Gasteiger partial charge on any atom is -0.458 e. The number of ether oxygens (including phenoxy) is 1. The number of carbonyl (C=O) groups excluding carboxylic acids is 7. The quantitative estimate of drug-likeness (QED) is 0.255. The number of hydrogen-bond acceptors (Lipinski definition) is 9. The van der Waals surface area contributed by atoms with Gasteiger partial charge in [-0.05, 0) is 87.9 Å². The lowest BCUT2D eigenvalue weighted by atomic mass is 10.0. The first kappa shape index (κ1) is 43.4. The van der Waals surface area contributed by atoms with Gasteiger partial charge in [-0.3, -0.25) is 24.0 Å². The van der Waals surface area contributed by atoms with E-state index in [2.05, 4.69) is 21.3 Å². The molecule has 0 bridgehead atoms. The second-order valence-electron chi connectivity index (χ2n) is 15.2. The highest BCUT2D eigenvalue weighted by molar-refractivity contribution is 5.98. The van der Waals surface area contributed by atoms with Crippen LogP contribution in [0.4, 0.5) is 23.7 Å². The topological polar surface area (TPSA) is 207 Å². The number of cyclic esters (lactones) is 1. The maximum absolute atomic E-state index is 14.6. The molecule has 58 heavy (non-hydrogen) atoms. The van der Waals surface area contributed by atoms with Gasteiger partial charge in [-0.2, -0.15) is 0 Å². The number of carbonyl (C=O) groups is 7. The van der Waals surface area contributed by atoms with Gasteiger partial charge in [0.25, 0.3) is 0 Å². The van der Waals surface area contributed by atoms with Crippen molar-refractivity contribution in [3.05, 3.63) is 65.5 Å². The predicted octanol–water partition coefficient (Wildman–Crippen LogP) is 1.21. The molecule has 5 rings (SSSR count). The summed E-state index contributed by atoms with van der Waals surface area (Å²) in [7, 11) is 1.28. The van der Waals surface area contributed by atoms with Crippen LogP contribution in [0.1, 0.15) is 52.5 Å². The van der Waals surface area contributed by atoms with Gasteiger partial charge in [-0.15, -0.1) is 0 Å². The van der Waals surface area contributed by atoms with Crippen molar-refractivity contribution in [2.75, 3.05) is 25.5 Å². The molecule has 3 aliphatic rings. The number of anilines is 1. The second-order valence-corrected chi connectivity index (χ2v) is 15.2. The highest BCUT2D eigenvalue weighted by atomic mass is 19.1. The second kappa shape index (κ2) is 18.3. The third-order valence-corrected chi connectivity index (χ3v) is 10.5. The van der Waals surface area contributed by atoms with Crippen molar-refractivity contribution >= 4 is 47.2 Å². The van der Waals surface area contributed by atoms with Crippen molar-refractivity contribution in [3.63, 3.8) is 0 Å². The highest BCUT2D eigenvalue weighted by Crippen LogP contribution is 2.27. The van der Waals surface area contributed by atoms with Crippen LogP contribution in [0, 0.1) is 23.4 Å². The van der Waals surface area contributed by atoms with E-state index in [1.165, 1.54) is 49.8 Å². The summed E-state index contributed by atoms with van der Waals surface area (Å²) in [4.78, 5) is 100. The minimum atomic E-state index is -1.73. The Bertz CT molecular complexity index is 1900. The molecule has 0 unspecified atom stereocenters. The number of halogens is 3. The predicted molar refractivity (Wildman–Crippen MR) is 200 cm³/mol. The lowest BCUT2D eigenvalue weighted by Gasteiger charge is -2.37. The Morgan fingerprint density at radius 1 is 0.914 bits per heavy atom. The Labute approximate surface area is 332 Å². The first-order chi connectivity index (χ1) is 27.3. The van der Waals surface area contributed by atoms with Crippen LogP contribution >= 0.6 is 0 Å². The van der Waals surface area contributed by atoms with Gasteiger partial charge in [0.1, 0.15) is 59.8 Å². The Kier molecular flexibility index (Phi) is 13.7. The van der Waals surface area contributed by atoms with E-state index in [-0.39, 0.29) is 43.1 Å². The molecule has 3 aliphatic heterocycles. The minimum absolute atomic E-state index is 0.00539. The van der Waals surface area contributed by atoms with Crippen LogP contribution in [0.3, 0.4) is 0 Å². The zero-order valence-electron chi connectivity index (χ0n) is 32.7. The van der Waals surface area contributed by atoms with E-state index in [9.17, 15) is 51.8 Å². The SMILES string of the molecule is C[C@H]1C[C@H]2C(=O)O[C@@H](C)[C@H](NC(=O)[C@H](Cc3cc(F)cc(F)c3)NC(=O)Nc3ccc(F)cc3)C(=O)N3CCC[C@H]3C(=O)N(C)[C@@H]([C@H](C)O)C(=O)N[C@@H](C)C(=O)N2C1. The van der Waals surface area contributed by atoms with Gasteiger partial charge in [0.05, 0.1) is 6.10 Å². The van der Waals surface area contributed by atoms with Crippen LogP contribution in [-0.4, -0.2) is 130 Å². The zero-order valence-corrected chi connectivity index (χ0v) is 32.7. The van der Waals surface area contributed by atoms with Gasteiger partial charge in [0.2, 0.25) is 29.5 Å². The van der Waals surface area contributed by atoms with E-state index >= 15 is 0 Å². The fourth-order valence-corrected chi connectivity index (χ4v) is 7.67. The van der Waals surface area contributed by atoms with E-state index in [0.717, 1.165) is 29.2 Å². The number of urea groups is 1. The van der Waals surface area contributed by atoms with Crippen molar-refractivity contribution in [1.29, 1.82) is 0 Å². The van der Waals surface area contributed by atoms with E-state index < -0.39 is 114 Å². The summed E-state index contributed by atoms with van der Waals surface area (Å²) in [5.74, 6) is -7.76. The van der Waals surface area contributed by atoms with Crippen LogP contribution in [-0.2, 0) is 39.9 Å². The monoisotopic (exact) mass is 815 g/mol. The lowest BCUT2D eigenvalue weighted by molar-refractivity contribution is -0.163. The maximum Gasteiger partial charge on any atom is 0.329 e. The summed E-state index contributed by atoms with van der Waals surface area (Å²) in [6.45, 7) is 5.95. The third-order valence-electron chi connectivity index (χ3n) is 10.5. The zero-order chi connectivity index (χ0) is 42.6. The molecule has 2 aromatic carbocycles. The molecule has 3 saturated heterocycles. The fourth-order valence-electron chi connectivity index (χ4n) is 7.67. The van der Waals surface area contributed by atoms with Gasteiger partial charge >= 0.3 is 12.0 Å². The number of rotatable bonds is 7. The summed E-state index contributed by atoms with van der Waals surface area (Å²) in [6.07, 6.45) is -2.76. The van der Waals surface area contributed by atoms with Crippen LogP contribution in [0.5, 0.6) is 0 Å². The number of nitrogens with one attached hydrogen (secondary N) is 4. The summed E-state index contributed by atoms with van der Waals surface area (Å²) in [5, 5.41) is 20.6. The van der Waals surface area contributed by atoms with E-state index in [4.69, 9.17) is 4.74 Å². The number of hydrogen-bond donors (Lipinski definition) is 5. The fraction of sp³-hybridized carbons (Fsp3) is 0.513. The van der Waals surface area contributed by atoms with Gasteiger partial charge in [0, 0.05) is 38.3 Å². The molecule has 5 N–H and O–H groups in total. The number of aliphatic hydroxyl groups excluding tert-OH is 1. The Hall–Kier alpha value is -5.72. The van der Waals surface area contributed by atoms with Gasteiger partial charge in [0.15, 0.2) is 0 Å². The first-order valence-corrected chi connectivity index (χ1v) is 19.0. The largest absolute Gasteiger partial charge is 0.458 e. The van der Waals surface area contributed by atoms with Gasteiger partial charge in [-0.1, -0.05) is 6.92 Å². The molecule has 9 atom stereocenters. The van der Waals surface area contributed by atoms with Crippen molar-refractivity contribution in [2.24, 2.45) is 5.92 Å². The number of fused-ring (bicyclic) bond motifs is 2. The standard InChI is InChI=1S/C39H48F3N7O9/c1-19-13-30-38(56)58-22(4)31(46-33(51)28(16-23-14-25(41)17-26(42)15-23)45-39(57)44-27-10-8-24(40)9-11-27)37(55)48-12-6-7-29(48)36(54)47(5)32(21(3)50)34(52)43-20(2)35(53)49(30)18-19/h8-11,14-15,17,19-22,28-32,50H,6-7,12-13,16,18H2,1-5H3,(H,43,52)(H,46,51)(H2,44,45,57)/t19-,20-,21-,22-,28-,29-,30-,31-,32-/m0/s1. The molecule has 3 fully saturated rings. The normalized spacial score (nSPS) is 26.9. The molecule has 0 aromatic heterocycles. The number of nitrogens with zero attached hydrogens (tertiary/aromatic N) is 3. The van der Waals surface area contributed by atoms with Gasteiger partial charge < -0.3 is 45.8 Å². The highest BCUT2D eigenvalue weighted by Gasteiger charge is 2.47. The number of aliphatic hydroxyl groups is 1. The van der Waals surface area contributed by atoms with Crippen LogP contribution < -0.4 is 21.3 Å². The molecule has 0 radical (unpaired) electrons. The Morgan fingerprint density at radius 2 is 1.57 bits per heavy atom. The first-order valence-electron chi connectivity index (χ1n) is 19.0. The van der Waals surface area contributed by atoms with E-state index in [0.29, 0.717) is 12.5 Å². The molecule has 7 amide bonds. The van der Waals surface area contributed by atoms with E-state index in [1.54, 1.807) is 6.92 Å². The van der Waals surface area contributed by atoms with E-state index in [1.807, 2.05) is 0 Å². The molecule has 2 aromatic rings. The summed E-state index contributed by atoms with van der Waals surface area (Å²) < 4.78 is 47.8. The molecule has 0 spiro atoms. The number of esters is 1. The molecular formula is C39H48F3N7O9. The van der Waals surface area contributed by atoms with Crippen LogP contribution in [0.15, 0.2) is 42.5 Å². The number of benzene rings is 2. The lowest BCUT2D eigenvalue weighted by Crippen LogP contribution is -2.63. The Morgan fingerprint density at radius 3 is 2.21 bits per heavy atom. The molecule has 0 saturated carbocycles. The summed E-state index contributed by atoms with van der Waals surface area (Å²) in [5.41, 5.74) is 0.0825. The third kappa shape index (κ3) is 10.0. The van der Waals surface area contributed by atoms with Crippen molar-refractivity contribution in [1.82, 2.24) is 30.7 Å². The van der Waals surface area contributed by atoms with Gasteiger partial charge in [-0.25, -0.2) is 22.8 Å². The smallest absolute Gasteiger partial charge is 0.329 e. The maximum atomic E-state index is 14.6. The van der Waals surface area contributed by atoms with Crippen molar-refractivity contribution in [3.8, 4) is 0 Å². The molecule has 16 nitrogen and oxygen atoms in total.